The van der Waals surface area contributed by atoms with Gasteiger partial charge in [-0.15, -0.1) is 0 Å². The van der Waals surface area contributed by atoms with E-state index in [1.54, 1.807) is 17.0 Å². The van der Waals surface area contributed by atoms with Crippen molar-refractivity contribution in [1.29, 1.82) is 0 Å². The fraction of sp³-hybridized carbons (Fsp3) is 0.500. The molecule has 1 fully saturated rings. The van der Waals surface area contributed by atoms with E-state index in [9.17, 15) is 9.18 Å². The second-order valence-electron chi connectivity index (χ2n) is 5.07. The van der Waals surface area contributed by atoms with Crippen molar-refractivity contribution in [2.45, 2.75) is 32.7 Å². The van der Waals surface area contributed by atoms with Crippen LogP contribution in [0.3, 0.4) is 0 Å². The Labute approximate surface area is 107 Å². The minimum atomic E-state index is -0.400. The number of halogens is 1. The van der Waals surface area contributed by atoms with Gasteiger partial charge in [-0.1, -0.05) is 19.1 Å². The zero-order chi connectivity index (χ0) is 13.1. The highest BCUT2D eigenvalue weighted by molar-refractivity contribution is 5.76. The number of hydrogen-bond acceptors (Lipinski definition) is 2. The molecule has 1 heterocycles. The molecule has 0 aromatic heterocycles. The Morgan fingerprint density at radius 1 is 1.44 bits per heavy atom. The first-order valence-corrected chi connectivity index (χ1v) is 6.38. The average molecular weight is 250 g/mol. The molecule has 1 atom stereocenters. The fourth-order valence-electron chi connectivity index (χ4n) is 2.27. The third kappa shape index (κ3) is 2.81. The minimum Gasteiger partial charge on any atom is -0.396 e. The van der Waals surface area contributed by atoms with Crippen molar-refractivity contribution in [2.75, 3.05) is 12.3 Å². The molecular weight excluding hydrogens is 231 g/mol. The number of hydrogen-bond donors (Lipinski definition) is 1. The molecule has 2 N–H and O–H groups in total. The molecule has 1 aromatic rings. The zero-order valence-corrected chi connectivity index (χ0v) is 10.7. The first kappa shape index (κ1) is 12.9. The highest BCUT2D eigenvalue weighted by Crippen LogP contribution is 2.21. The van der Waals surface area contributed by atoms with Crippen molar-refractivity contribution in [3.8, 4) is 0 Å². The molecule has 1 aromatic carbocycles. The summed E-state index contributed by atoms with van der Waals surface area (Å²) in [6.07, 6.45) is 2.47. The Morgan fingerprint density at radius 3 is 3.00 bits per heavy atom. The summed E-state index contributed by atoms with van der Waals surface area (Å²) in [5.41, 5.74) is 6.17. The molecule has 1 saturated heterocycles. The van der Waals surface area contributed by atoms with Gasteiger partial charge in [-0.2, -0.15) is 0 Å². The Bertz CT molecular complexity index is 447. The number of rotatable bonds is 2. The molecular formula is C14H19FN2O. The van der Waals surface area contributed by atoms with Gasteiger partial charge >= 0.3 is 0 Å². The molecule has 1 aliphatic rings. The SMILES string of the molecule is CC1CCC(=O)N(Cc2cccc(N)c2F)CC1. The Kier molecular flexibility index (Phi) is 3.84. The van der Waals surface area contributed by atoms with Crippen LogP contribution in [0.4, 0.5) is 10.1 Å². The van der Waals surface area contributed by atoms with Crippen molar-refractivity contribution in [1.82, 2.24) is 4.90 Å². The molecule has 1 unspecified atom stereocenters. The van der Waals surface area contributed by atoms with E-state index in [-0.39, 0.29) is 11.6 Å². The summed E-state index contributed by atoms with van der Waals surface area (Å²) in [5, 5.41) is 0. The standard InChI is InChI=1S/C14H19FN2O/c1-10-5-6-13(18)17(8-7-10)9-11-3-2-4-12(16)14(11)15/h2-4,10H,5-9,16H2,1H3. The van der Waals surface area contributed by atoms with Gasteiger partial charge in [0.15, 0.2) is 5.82 Å². The van der Waals surface area contributed by atoms with Gasteiger partial charge in [0, 0.05) is 25.1 Å². The van der Waals surface area contributed by atoms with Crippen LogP contribution in [-0.2, 0) is 11.3 Å². The maximum atomic E-state index is 13.8. The number of amides is 1. The van der Waals surface area contributed by atoms with Gasteiger partial charge in [0.1, 0.15) is 0 Å². The summed E-state index contributed by atoms with van der Waals surface area (Å²) < 4.78 is 13.8. The number of anilines is 1. The lowest BCUT2D eigenvalue weighted by molar-refractivity contribution is -0.131. The van der Waals surface area contributed by atoms with E-state index in [4.69, 9.17) is 5.73 Å². The van der Waals surface area contributed by atoms with Crippen molar-refractivity contribution < 1.29 is 9.18 Å². The van der Waals surface area contributed by atoms with Crippen LogP contribution in [0.25, 0.3) is 0 Å². The van der Waals surface area contributed by atoms with Crippen LogP contribution >= 0.6 is 0 Å². The lowest BCUT2D eigenvalue weighted by atomic mass is 10.0. The summed E-state index contributed by atoms with van der Waals surface area (Å²) in [7, 11) is 0. The van der Waals surface area contributed by atoms with E-state index in [1.807, 2.05) is 0 Å². The summed E-state index contributed by atoms with van der Waals surface area (Å²) in [6.45, 7) is 3.18. The molecule has 0 aliphatic carbocycles. The molecule has 98 valence electrons. The number of carbonyl (C=O) groups excluding carboxylic acids is 1. The smallest absolute Gasteiger partial charge is 0.222 e. The molecule has 1 aliphatic heterocycles. The molecule has 3 nitrogen and oxygen atoms in total. The molecule has 0 saturated carbocycles. The first-order valence-electron chi connectivity index (χ1n) is 6.38. The normalized spacial score (nSPS) is 20.9. The average Bonchev–Trinajstić information content (AvgIpc) is 2.50. The monoisotopic (exact) mass is 250 g/mol. The minimum absolute atomic E-state index is 0.112. The topological polar surface area (TPSA) is 46.3 Å². The van der Waals surface area contributed by atoms with Crippen molar-refractivity contribution in [3.05, 3.63) is 29.6 Å². The second-order valence-corrected chi connectivity index (χ2v) is 5.07. The van der Waals surface area contributed by atoms with Crippen molar-refractivity contribution in [2.24, 2.45) is 5.92 Å². The number of likely N-dealkylation sites (tertiary alicyclic amines) is 1. The molecule has 2 rings (SSSR count). The Morgan fingerprint density at radius 2 is 2.22 bits per heavy atom. The number of nitrogens with two attached hydrogens (primary N) is 1. The summed E-state index contributed by atoms with van der Waals surface area (Å²) >= 11 is 0. The van der Waals surface area contributed by atoms with Crippen LogP contribution in [0.15, 0.2) is 18.2 Å². The summed E-state index contributed by atoms with van der Waals surface area (Å²) in [6, 6.07) is 4.94. The largest absolute Gasteiger partial charge is 0.396 e. The van der Waals surface area contributed by atoms with Crippen LogP contribution < -0.4 is 5.73 Å². The van der Waals surface area contributed by atoms with Gasteiger partial charge in [-0.05, 0) is 24.8 Å². The number of benzene rings is 1. The summed E-state index contributed by atoms with van der Waals surface area (Å²) in [4.78, 5) is 13.7. The third-order valence-electron chi connectivity index (χ3n) is 3.57. The third-order valence-corrected chi connectivity index (χ3v) is 3.57. The quantitative estimate of drug-likeness (QED) is 0.820. The first-order chi connectivity index (χ1) is 8.58. The number of nitrogens with zero attached hydrogens (tertiary/aromatic N) is 1. The molecule has 4 heteroatoms. The fourth-order valence-corrected chi connectivity index (χ4v) is 2.27. The lowest BCUT2D eigenvalue weighted by Crippen LogP contribution is -2.30. The van der Waals surface area contributed by atoms with Crippen LogP contribution in [0.2, 0.25) is 0 Å². The van der Waals surface area contributed by atoms with Crippen LogP contribution in [-0.4, -0.2) is 17.4 Å². The zero-order valence-electron chi connectivity index (χ0n) is 10.7. The lowest BCUT2D eigenvalue weighted by Gasteiger charge is -2.21. The van der Waals surface area contributed by atoms with E-state index in [0.717, 1.165) is 12.8 Å². The number of nitrogen functional groups attached to an aromatic ring is 1. The van der Waals surface area contributed by atoms with Crippen molar-refractivity contribution in [3.63, 3.8) is 0 Å². The van der Waals surface area contributed by atoms with Gasteiger partial charge in [-0.25, -0.2) is 4.39 Å². The molecule has 0 bridgehead atoms. The van der Waals surface area contributed by atoms with Gasteiger partial charge in [0.2, 0.25) is 5.91 Å². The highest BCUT2D eigenvalue weighted by Gasteiger charge is 2.21. The van der Waals surface area contributed by atoms with Gasteiger partial charge in [0.25, 0.3) is 0 Å². The van der Waals surface area contributed by atoms with Gasteiger partial charge in [-0.3, -0.25) is 4.79 Å². The molecule has 1 amide bonds. The molecule has 0 radical (unpaired) electrons. The Balaban J connectivity index is 2.12. The van der Waals surface area contributed by atoms with Crippen LogP contribution in [0.5, 0.6) is 0 Å². The number of carbonyl (C=O) groups is 1. The van der Waals surface area contributed by atoms with E-state index >= 15 is 0 Å². The van der Waals surface area contributed by atoms with Crippen molar-refractivity contribution >= 4 is 11.6 Å². The molecule has 18 heavy (non-hydrogen) atoms. The van der Waals surface area contributed by atoms with E-state index in [0.29, 0.717) is 31.0 Å². The van der Waals surface area contributed by atoms with E-state index < -0.39 is 5.82 Å². The van der Waals surface area contributed by atoms with Gasteiger partial charge < -0.3 is 10.6 Å². The highest BCUT2D eigenvalue weighted by atomic mass is 19.1. The van der Waals surface area contributed by atoms with E-state index in [1.165, 1.54) is 6.07 Å². The summed E-state index contributed by atoms with van der Waals surface area (Å²) in [5.74, 6) is 0.272. The van der Waals surface area contributed by atoms with Crippen LogP contribution in [0, 0.1) is 11.7 Å². The van der Waals surface area contributed by atoms with E-state index in [2.05, 4.69) is 6.92 Å². The predicted octanol–water partition coefficient (Wildman–Crippen LogP) is 2.56. The molecule has 0 spiro atoms. The maximum absolute atomic E-state index is 13.8. The van der Waals surface area contributed by atoms with Gasteiger partial charge in [0.05, 0.1) is 5.69 Å². The maximum Gasteiger partial charge on any atom is 0.222 e. The Hall–Kier alpha value is -1.58. The second kappa shape index (κ2) is 5.38. The predicted molar refractivity (Wildman–Crippen MR) is 69.2 cm³/mol. The van der Waals surface area contributed by atoms with Crippen LogP contribution in [0.1, 0.15) is 31.7 Å².